The Morgan fingerprint density at radius 2 is 0.650 bits per heavy atom. The van der Waals surface area contributed by atoms with Gasteiger partial charge < -0.3 is 9.32 Å². The van der Waals surface area contributed by atoms with Crippen molar-refractivity contribution in [3.8, 4) is 55.8 Å². The van der Waals surface area contributed by atoms with Gasteiger partial charge in [0.05, 0.1) is 0 Å². The van der Waals surface area contributed by atoms with Crippen LogP contribution < -0.4 is 4.90 Å². The molecular weight excluding hydrogens is 727 g/mol. The van der Waals surface area contributed by atoms with Crippen LogP contribution in [0.5, 0.6) is 0 Å². The summed E-state index contributed by atoms with van der Waals surface area (Å²) in [6.07, 6.45) is 0. The predicted octanol–water partition coefficient (Wildman–Crippen LogP) is 16.5. The van der Waals surface area contributed by atoms with Crippen molar-refractivity contribution in [3.63, 3.8) is 0 Å². The Kier molecular flexibility index (Phi) is 8.87. The molecule has 0 atom stereocenters. The second-order valence-corrected chi connectivity index (χ2v) is 15.4. The summed E-state index contributed by atoms with van der Waals surface area (Å²) in [5, 5.41) is 5.97. The molecule has 1 aromatic heterocycles. The van der Waals surface area contributed by atoms with Crippen LogP contribution in [0.2, 0.25) is 0 Å². The fraction of sp³-hybridized carbons (Fsp3) is 0. The molecular formula is C58H39NO. The van der Waals surface area contributed by atoms with Gasteiger partial charge in [-0.15, -0.1) is 0 Å². The van der Waals surface area contributed by atoms with E-state index in [-0.39, 0.29) is 0 Å². The van der Waals surface area contributed by atoms with Gasteiger partial charge in [-0.2, -0.15) is 0 Å². The van der Waals surface area contributed by atoms with Gasteiger partial charge in [0, 0.05) is 28.0 Å². The van der Waals surface area contributed by atoms with Crippen molar-refractivity contribution in [3.05, 3.63) is 237 Å². The summed E-state index contributed by atoms with van der Waals surface area (Å²) in [5.74, 6) is 0.878. The average molecular weight is 766 g/mol. The van der Waals surface area contributed by atoms with E-state index in [1.165, 1.54) is 60.5 Å². The lowest BCUT2D eigenvalue weighted by Crippen LogP contribution is -2.09. The van der Waals surface area contributed by atoms with Gasteiger partial charge in [0.25, 0.3) is 0 Å². The summed E-state index contributed by atoms with van der Waals surface area (Å²) in [7, 11) is 0. The number of hydrogen-bond donors (Lipinski definition) is 0. The van der Waals surface area contributed by atoms with Crippen LogP contribution in [-0.4, -0.2) is 0 Å². The molecule has 0 aliphatic rings. The number of fused-ring (bicyclic) bond motifs is 3. The number of nitrogens with zero attached hydrogens (tertiary/aromatic N) is 1. The molecule has 1 heterocycles. The Hall–Kier alpha value is -7.94. The van der Waals surface area contributed by atoms with E-state index in [2.05, 4.69) is 223 Å². The molecule has 11 aromatic rings. The van der Waals surface area contributed by atoms with Gasteiger partial charge in [0.15, 0.2) is 0 Å². The first kappa shape index (κ1) is 35.2. The predicted molar refractivity (Wildman–Crippen MR) is 253 cm³/mol. The van der Waals surface area contributed by atoms with Crippen LogP contribution in [0.3, 0.4) is 0 Å². The molecule has 0 amide bonds. The molecule has 0 unspecified atom stereocenters. The van der Waals surface area contributed by atoms with Crippen molar-refractivity contribution in [2.24, 2.45) is 0 Å². The van der Waals surface area contributed by atoms with Crippen LogP contribution in [-0.2, 0) is 0 Å². The third-order valence-electron chi connectivity index (χ3n) is 11.6. The highest BCUT2D eigenvalue weighted by atomic mass is 16.3. The lowest BCUT2D eigenvalue weighted by atomic mass is 9.98. The highest BCUT2D eigenvalue weighted by Gasteiger charge is 2.15. The van der Waals surface area contributed by atoms with Crippen LogP contribution in [0.1, 0.15) is 0 Å². The summed E-state index contributed by atoms with van der Waals surface area (Å²) < 4.78 is 6.21. The molecule has 11 rings (SSSR count). The zero-order valence-corrected chi connectivity index (χ0v) is 32.9. The summed E-state index contributed by atoms with van der Waals surface area (Å²) in [5.41, 5.74) is 14.8. The molecule has 0 aliphatic heterocycles. The van der Waals surface area contributed by atoms with Crippen molar-refractivity contribution >= 4 is 49.6 Å². The molecule has 0 N–H and O–H groups in total. The number of benzene rings is 10. The summed E-state index contributed by atoms with van der Waals surface area (Å²) in [6, 6.07) is 85.0. The molecule has 282 valence electrons. The van der Waals surface area contributed by atoms with Crippen molar-refractivity contribution in [2.45, 2.75) is 0 Å². The van der Waals surface area contributed by atoms with Crippen LogP contribution in [0, 0.1) is 0 Å². The summed E-state index contributed by atoms with van der Waals surface area (Å²) in [4.78, 5) is 2.36. The van der Waals surface area contributed by atoms with Crippen LogP contribution >= 0.6 is 0 Å². The number of hydrogen-bond acceptors (Lipinski definition) is 2. The average Bonchev–Trinajstić information content (AvgIpc) is 3.77. The normalized spacial score (nSPS) is 11.3. The van der Waals surface area contributed by atoms with Crippen molar-refractivity contribution in [1.82, 2.24) is 0 Å². The molecule has 0 fully saturated rings. The van der Waals surface area contributed by atoms with E-state index in [9.17, 15) is 0 Å². The SMILES string of the molecule is c1ccc(-c2ccc(-c3ccc(N(c4ccc(-c5ccc6ccccc6c5)cc4)c4ccc5cc(-c6cccc(-c7cc8ccccc8o7)c6)ccc5c4)cc3)cc2)cc1. The second-order valence-electron chi connectivity index (χ2n) is 15.4. The van der Waals surface area contributed by atoms with Gasteiger partial charge in [0.1, 0.15) is 11.3 Å². The molecule has 0 aliphatic carbocycles. The Labute approximate surface area is 349 Å². The Morgan fingerprint density at radius 1 is 0.233 bits per heavy atom. The van der Waals surface area contributed by atoms with Gasteiger partial charge in [-0.05, 0) is 133 Å². The van der Waals surface area contributed by atoms with Crippen molar-refractivity contribution in [1.29, 1.82) is 0 Å². The molecule has 0 bridgehead atoms. The molecule has 10 aromatic carbocycles. The lowest BCUT2D eigenvalue weighted by molar-refractivity contribution is 0.631. The fourth-order valence-electron chi connectivity index (χ4n) is 8.44. The molecule has 60 heavy (non-hydrogen) atoms. The standard InChI is InChI=1S/C58H39NO/c1-2-9-40(10-3-1)42-17-19-43(20-18-42)44-25-30-54(31-26-44)59(55-32-27-45(28-33-55)48-22-21-41-11-4-5-12-46(41)35-48)56-34-29-50-36-49(23-24-51(50)38-56)47-14-8-15-52(37-47)58-39-53-13-6-7-16-57(53)60-58/h1-39H. The minimum absolute atomic E-state index is 0.878. The largest absolute Gasteiger partial charge is 0.456 e. The van der Waals surface area contributed by atoms with Crippen LogP contribution in [0.25, 0.3) is 88.3 Å². The van der Waals surface area contributed by atoms with E-state index in [1.807, 2.05) is 18.2 Å². The summed E-state index contributed by atoms with van der Waals surface area (Å²) in [6.45, 7) is 0. The van der Waals surface area contributed by atoms with Crippen LogP contribution in [0.4, 0.5) is 17.1 Å². The number of rotatable bonds is 8. The first-order valence-electron chi connectivity index (χ1n) is 20.5. The fourth-order valence-corrected chi connectivity index (χ4v) is 8.44. The van der Waals surface area contributed by atoms with Gasteiger partial charge in [-0.3, -0.25) is 0 Å². The Balaban J connectivity index is 0.935. The van der Waals surface area contributed by atoms with Gasteiger partial charge in [-0.1, -0.05) is 170 Å². The van der Waals surface area contributed by atoms with Gasteiger partial charge >= 0.3 is 0 Å². The molecule has 0 saturated carbocycles. The van der Waals surface area contributed by atoms with Crippen LogP contribution in [0.15, 0.2) is 241 Å². The third-order valence-corrected chi connectivity index (χ3v) is 11.6. The van der Waals surface area contributed by atoms with E-state index >= 15 is 0 Å². The third kappa shape index (κ3) is 6.81. The quantitative estimate of drug-likeness (QED) is 0.153. The molecule has 0 radical (unpaired) electrons. The Bertz CT molecular complexity index is 3260. The van der Waals surface area contributed by atoms with E-state index in [1.54, 1.807) is 0 Å². The van der Waals surface area contributed by atoms with E-state index in [0.29, 0.717) is 0 Å². The summed E-state index contributed by atoms with van der Waals surface area (Å²) >= 11 is 0. The first-order chi connectivity index (χ1) is 29.7. The van der Waals surface area contributed by atoms with E-state index in [0.717, 1.165) is 44.9 Å². The minimum atomic E-state index is 0.878. The topological polar surface area (TPSA) is 16.4 Å². The zero-order chi connectivity index (χ0) is 39.8. The second kappa shape index (κ2) is 15.1. The maximum absolute atomic E-state index is 6.21. The highest BCUT2D eigenvalue weighted by molar-refractivity contribution is 5.93. The van der Waals surface area contributed by atoms with Crippen molar-refractivity contribution in [2.75, 3.05) is 4.90 Å². The number of furan rings is 1. The monoisotopic (exact) mass is 765 g/mol. The lowest BCUT2D eigenvalue weighted by Gasteiger charge is -2.26. The Morgan fingerprint density at radius 3 is 1.33 bits per heavy atom. The van der Waals surface area contributed by atoms with E-state index in [4.69, 9.17) is 4.42 Å². The number of anilines is 3. The van der Waals surface area contributed by atoms with Crippen molar-refractivity contribution < 1.29 is 4.42 Å². The van der Waals surface area contributed by atoms with Gasteiger partial charge in [-0.25, -0.2) is 0 Å². The molecule has 2 nitrogen and oxygen atoms in total. The number of para-hydroxylation sites is 1. The highest BCUT2D eigenvalue weighted by Crippen LogP contribution is 2.39. The smallest absolute Gasteiger partial charge is 0.135 e. The molecule has 0 spiro atoms. The minimum Gasteiger partial charge on any atom is -0.456 e. The molecule has 2 heteroatoms. The van der Waals surface area contributed by atoms with E-state index < -0.39 is 0 Å². The first-order valence-corrected chi connectivity index (χ1v) is 20.5. The maximum Gasteiger partial charge on any atom is 0.135 e. The zero-order valence-electron chi connectivity index (χ0n) is 32.9. The molecule has 0 saturated heterocycles. The maximum atomic E-state index is 6.21. The van der Waals surface area contributed by atoms with Gasteiger partial charge in [0.2, 0.25) is 0 Å².